The number of rotatable bonds is 9. The summed E-state index contributed by atoms with van der Waals surface area (Å²) < 4.78 is 32.6. The van der Waals surface area contributed by atoms with Crippen molar-refractivity contribution < 1.29 is 22.7 Å². The van der Waals surface area contributed by atoms with Gasteiger partial charge < -0.3 is 15.4 Å². The highest BCUT2D eigenvalue weighted by molar-refractivity contribution is 7.88. The first-order valence-corrected chi connectivity index (χ1v) is 11.8. The maximum atomic E-state index is 12.2. The SMILES string of the molecule is CC(C)NS(=O)(=O)Cc1ccccc1CNC(=O)COc1ccc2c(c1)CCC(=O)N2. The second-order valence-corrected chi connectivity index (χ2v) is 9.49. The van der Waals surface area contributed by atoms with Crippen molar-refractivity contribution in [2.45, 2.75) is 45.0 Å². The first-order chi connectivity index (χ1) is 14.7. The molecule has 1 heterocycles. The minimum Gasteiger partial charge on any atom is -0.484 e. The van der Waals surface area contributed by atoms with E-state index < -0.39 is 10.0 Å². The number of aryl methyl sites for hydroxylation is 1. The van der Waals surface area contributed by atoms with E-state index in [9.17, 15) is 18.0 Å². The number of anilines is 1. The van der Waals surface area contributed by atoms with E-state index in [-0.39, 0.29) is 36.8 Å². The molecule has 2 aromatic carbocycles. The lowest BCUT2D eigenvalue weighted by Crippen LogP contribution is -2.32. The highest BCUT2D eigenvalue weighted by atomic mass is 32.2. The van der Waals surface area contributed by atoms with E-state index in [2.05, 4.69) is 15.4 Å². The molecule has 0 unspecified atom stereocenters. The smallest absolute Gasteiger partial charge is 0.258 e. The van der Waals surface area contributed by atoms with Crippen LogP contribution in [-0.4, -0.2) is 32.9 Å². The minimum atomic E-state index is -3.47. The Balaban J connectivity index is 1.54. The number of sulfonamides is 1. The molecule has 0 bridgehead atoms. The molecule has 1 aliphatic rings. The summed E-state index contributed by atoms with van der Waals surface area (Å²) in [5.41, 5.74) is 3.11. The number of benzene rings is 2. The van der Waals surface area contributed by atoms with Gasteiger partial charge in [-0.05, 0) is 55.2 Å². The molecule has 2 aromatic rings. The number of fused-ring (bicyclic) bond motifs is 1. The Morgan fingerprint density at radius 2 is 1.87 bits per heavy atom. The van der Waals surface area contributed by atoms with Crippen LogP contribution < -0.4 is 20.1 Å². The Morgan fingerprint density at radius 1 is 1.13 bits per heavy atom. The quantitative estimate of drug-likeness (QED) is 0.547. The average Bonchev–Trinajstić information content (AvgIpc) is 2.70. The Labute approximate surface area is 182 Å². The van der Waals surface area contributed by atoms with Crippen LogP contribution in [0.3, 0.4) is 0 Å². The standard InChI is InChI=1S/C22H27N3O5S/c1-15(2)25-31(28,29)14-18-6-4-3-5-17(18)12-23-22(27)13-30-19-8-9-20-16(11-19)7-10-21(26)24-20/h3-6,8-9,11,15,25H,7,10,12-14H2,1-2H3,(H,23,27)(H,24,26). The van der Waals surface area contributed by atoms with Crippen LogP contribution in [0.25, 0.3) is 0 Å². The van der Waals surface area contributed by atoms with Gasteiger partial charge in [0.05, 0.1) is 5.75 Å². The van der Waals surface area contributed by atoms with Crippen LogP contribution in [0.2, 0.25) is 0 Å². The van der Waals surface area contributed by atoms with Gasteiger partial charge in [-0.25, -0.2) is 13.1 Å². The first kappa shape index (κ1) is 22.8. The zero-order valence-electron chi connectivity index (χ0n) is 17.6. The van der Waals surface area contributed by atoms with Gasteiger partial charge in [0.15, 0.2) is 6.61 Å². The summed E-state index contributed by atoms with van der Waals surface area (Å²) in [5.74, 6) is 0.0771. The molecule has 0 spiro atoms. The summed E-state index contributed by atoms with van der Waals surface area (Å²) in [5, 5.41) is 5.57. The largest absolute Gasteiger partial charge is 0.484 e. The Bertz CT molecular complexity index is 1070. The van der Waals surface area contributed by atoms with Gasteiger partial charge in [-0.3, -0.25) is 9.59 Å². The molecule has 0 radical (unpaired) electrons. The molecule has 0 fully saturated rings. The Morgan fingerprint density at radius 3 is 2.61 bits per heavy atom. The number of nitrogens with one attached hydrogen (secondary N) is 3. The number of hydrogen-bond donors (Lipinski definition) is 3. The lowest BCUT2D eigenvalue weighted by Gasteiger charge is -2.17. The third-order valence-electron chi connectivity index (χ3n) is 4.70. The van der Waals surface area contributed by atoms with Crippen molar-refractivity contribution in [3.05, 3.63) is 59.2 Å². The van der Waals surface area contributed by atoms with Crippen molar-refractivity contribution in [1.82, 2.24) is 10.0 Å². The van der Waals surface area contributed by atoms with Crippen molar-refractivity contribution in [2.75, 3.05) is 11.9 Å². The molecule has 1 aliphatic heterocycles. The highest BCUT2D eigenvalue weighted by Crippen LogP contribution is 2.26. The van der Waals surface area contributed by atoms with Crippen LogP contribution in [0.5, 0.6) is 5.75 Å². The minimum absolute atomic E-state index is 0.00591. The molecule has 166 valence electrons. The van der Waals surface area contributed by atoms with E-state index in [0.29, 0.717) is 24.2 Å². The monoisotopic (exact) mass is 445 g/mol. The molecule has 0 atom stereocenters. The third-order valence-corrected chi connectivity index (χ3v) is 6.22. The summed E-state index contributed by atoms with van der Waals surface area (Å²) >= 11 is 0. The van der Waals surface area contributed by atoms with E-state index in [1.54, 1.807) is 50.2 Å². The number of ether oxygens (including phenoxy) is 1. The molecule has 9 heteroatoms. The van der Waals surface area contributed by atoms with E-state index in [1.165, 1.54) is 0 Å². The summed E-state index contributed by atoms with van der Waals surface area (Å²) in [6.45, 7) is 3.57. The molecule has 0 saturated heterocycles. The molecule has 0 aromatic heterocycles. The second kappa shape index (κ2) is 9.93. The summed E-state index contributed by atoms with van der Waals surface area (Å²) in [7, 11) is -3.47. The van der Waals surface area contributed by atoms with Gasteiger partial charge in [0.2, 0.25) is 15.9 Å². The maximum Gasteiger partial charge on any atom is 0.258 e. The van der Waals surface area contributed by atoms with Crippen LogP contribution in [0, 0.1) is 0 Å². The van der Waals surface area contributed by atoms with Crippen LogP contribution in [0.1, 0.15) is 37.0 Å². The number of carbonyl (C=O) groups is 2. The highest BCUT2D eigenvalue weighted by Gasteiger charge is 2.17. The van der Waals surface area contributed by atoms with Crippen LogP contribution in [0.15, 0.2) is 42.5 Å². The summed E-state index contributed by atoms with van der Waals surface area (Å²) in [6, 6.07) is 12.2. The fourth-order valence-corrected chi connectivity index (χ4v) is 4.81. The van der Waals surface area contributed by atoms with Crippen LogP contribution in [0.4, 0.5) is 5.69 Å². The number of amides is 2. The molecular weight excluding hydrogens is 418 g/mol. The maximum absolute atomic E-state index is 12.2. The van der Waals surface area contributed by atoms with Gasteiger partial charge >= 0.3 is 0 Å². The Hall–Kier alpha value is -2.91. The van der Waals surface area contributed by atoms with Crippen molar-refractivity contribution >= 4 is 27.5 Å². The van der Waals surface area contributed by atoms with E-state index in [0.717, 1.165) is 16.8 Å². The lowest BCUT2D eigenvalue weighted by atomic mass is 10.0. The van der Waals surface area contributed by atoms with Crippen molar-refractivity contribution in [3.8, 4) is 5.75 Å². The van der Waals surface area contributed by atoms with Gasteiger partial charge in [-0.2, -0.15) is 0 Å². The predicted octanol–water partition coefficient (Wildman–Crippen LogP) is 2.09. The molecule has 3 N–H and O–H groups in total. The van der Waals surface area contributed by atoms with Crippen molar-refractivity contribution in [3.63, 3.8) is 0 Å². The Kier molecular flexibility index (Phi) is 7.29. The number of hydrogen-bond acceptors (Lipinski definition) is 5. The average molecular weight is 446 g/mol. The topological polar surface area (TPSA) is 114 Å². The first-order valence-electron chi connectivity index (χ1n) is 10.1. The molecular formula is C22H27N3O5S. The van der Waals surface area contributed by atoms with Crippen molar-refractivity contribution in [1.29, 1.82) is 0 Å². The summed E-state index contributed by atoms with van der Waals surface area (Å²) in [6.07, 6.45) is 1.06. The number of carbonyl (C=O) groups excluding carboxylic acids is 2. The lowest BCUT2D eigenvalue weighted by molar-refractivity contribution is -0.123. The zero-order chi connectivity index (χ0) is 22.4. The van der Waals surface area contributed by atoms with Gasteiger partial charge in [0.25, 0.3) is 5.91 Å². The summed E-state index contributed by atoms with van der Waals surface area (Å²) in [4.78, 5) is 23.7. The third kappa shape index (κ3) is 6.80. The van der Waals surface area contributed by atoms with E-state index in [1.807, 2.05) is 6.07 Å². The molecule has 0 aliphatic carbocycles. The van der Waals surface area contributed by atoms with Gasteiger partial charge in [0, 0.05) is 24.7 Å². The van der Waals surface area contributed by atoms with Gasteiger partial charge in [0.1, 0.15) is 5.75 Å². The molecule has 2 amide bonds. The zero-order valence-corrected chi connectivity index (χ0v) is 18.4. The second-order valence-electron chi connectivity index (χ2n) is 7.73. The molecule has 0 saturated carbocycles. The normalized spacial score (nSPS) is 13.5. The van der Waals surface area contributed by atoms with Gasteiger partial charge in [-0.1, -0.05) is 24.3 Å². The van der Waals surface area contributed by atoms with E-state index >= 15 is 0 Å². The fraction of sp³-hybridized carbons (Fsp3) is 0.364. The van der Waals surface area contributed by atoms with E-state index in [4.69, 9.17) is 4.74 Å². The molecule has 8 nitrogen and oxygen atoms in total. The molecule has 31 heavy (non-hydrogen) atoms. The van der Waals surface area contributed by atoms with Crippen molar-refractivity contribution in [2.24, 2.45) is 0 Å². The fourth-order valence-electron chi connectivity index (χ4n) is 3.32. The van der Waals surface area contributed by atoms with Crippen LogP contribution >= 0.6 is 0 Å². The molecule has 3 rings (SSSR count). The van der Waals surface area contributed by atoms with Crippen LogP contribution in [-0.2, 0) is 38.3 Å². The predicted molar refractivity (Wildman–Crippen MR) is 118 cm³/mol. The van der Waals surface area contributed by atoms with Gasteiger partial charge in [-0.15, -0.1) is 0 Å².